The number of nitro groups is 1. The van der Waals surface area contributed by atoms with Crippen LogP contribution < -0.4 is 4.90 Å². The van der Waals surface area contributed by atoms with Crippen LogP contribution in [0.3, 0.4) is 0 Å². The molecule has 1 N–H and O–H groups in total. The summed E-state index contributed by atoms with van der Waals surface area (Å²) in [6.45, 7) is -0.323. The molecule has 7 nitrogen and oxygen atoms in total. The molecule has 32 heavy (non-hydrogen) atoms. The summed E-state index contributed by atoms with van der Waals surface area (Å²) in [5, 5.41) is 22.1. The molecule has 2 amide bonds. The predicted octanol–water partition coefficient (Wildman–Crippen LogP) is 3.14. The van der Waals surface area contributed by atoms with Crippen LogP contribution in [-0.2, 0) is 15.0 Å². The van der Waals surface area contributed by atoms with Gasteiger partial charge in [-0.15, -0.1) is 0 Å². The van der Waals surface area contributed by atoms with E-state index in [2.05, 4.69) is 0 Å². The lowest BCUT2D eigenvalue weighted by Crippen LogP contribution is -2.55. The van der Waals surface area contributed by atoms with Gasteiger partial charge in [0.15, 0.2) is 0 Å². The molecule has 4 aliphatic rings. The third-order valence-corrected chi connectivity index (χ3v) is 7.34. The highest BCUT2D eigenvalue weighted by Crippen LogP contribution is 2.64. The van der Waals surface area contributed by atoms with E-state index in [1.807, 2.05) is 48.5 Å². The molecule has 2 bridgehead atoms. The number of non-ortho nitro benzene ring substituents is 1. The molecule has 0 spiro atoms. The number of aliphatic hydroxyl groups is 1. The number of carbonyl (C=O) groups excluding carboxylic acids is 2. The zero-order valence-electron chi connectivity index (χ0n) is 16.8. The highest BCUT2D eigenvalue weighted by atomic mass is 16.6. The lowest BCUT2D eigenvalue weighted by atomic mass is 9.47. The van der Waals surface area contributed by atoms with E-state index in [0.717, 1.165) is 27.2 Å². The average molecular weight is 426 g/mol. The van der Waals surface area contributed by atoms with Gasteiger partial charge in [0, 0.05) is 18.1 Å². The van der Waals surface area contributed by atoms with Crippen molar-refractivity contribution >= 4 is 23.2 Å². The van der Waals surface area contributed by atoms with Crippen molar-refractivity contribution in [2.45, 2.75) is 11.3 Å². The molecule has 0 radical (unpaired) electrons. The largest absolute Gasteiger partial charge is 0.395 e. The fraction of sp³-hybridized carbons (Fsp3) is 0.200. The van der Waals surface area contributed by atoms with Crippen molar-refractivity contribution < 1.29 is 19.6 Å². The first kappa shape index (κ1) is 18.9. The molecule has 1 fully saturated rings. The van der Waals surface area contributed by atoms with Crippen molar-refractivity contribution in [3.63, 3.8) is 0 Å². The number of anilines is 1. The third kappa shape index (κ3) is 2.08. The summed E-state index contributed by atoms with van der Waals surface area (Å²) in [4.78, 5) is 39.4. The van der Waals surface area contributed by atoms with Gasteiger partial charge in [-0.05, 0) is 28.3 Å². The molecule has 7 heteroatoms. The SMILES string of the molecule is O=C1[C@@H]2C3c4ccccc4C(CO)(c4ccccc43)[C@@H]2C(=O)N1c1cccc([N+](=O)[O-])c1. The van der Waals surface area contributed by atoms with E-state index in [4.69, 9.17) is 0 Å². The highest BCUT2D eigenvalue weighted by molar-refractivity contribution is 6.23. The highest BCUT2D eigenvalue weighted by Gasteiger charge is 2.68. The van der Waals surface area contributed by atoms with Crippen LogP contribution in [0.2, 0.25) is 0 Å². The Labute approximate surface area is 183 Å². The third-order valence-electron chi connectivity index (χ3n) is 7.34. The number of amides is 2. The summed E-state index contributed by atoms with van der Waals surface area (Å²) in [5.41, 5.74) is 2.58. The van der Waals surface area contributed by atoms with E-state index < -0.39 is 28.1 Å². The molecule has 1 saturated heterocycles. The van der Waals surface area contributed by atoms with Gasteiger partial charge < -0.3 is 5.11 Å². The molecule has 1 aliphatic heterocycles. The zero-order chi connectivity index (χ0) is 22.2. The van der Waals surface area contributed by atoms with E-state index >= 15 is 0 Å². The van der Waals surface area contributed by atoms with Crippen LogP contribution >= 0.6 is 0 Å². The van der Waals surface area contributed by atoms with Crippen molar-refractivity contribution in [1.29, 1.82) is 0 Å². The molecular formula is C25H18N2O5. The van der Waals surface area contributed by atoms with Crippen LogP contribution in [0.4, 0.5) is 11.4 Å². The Morgan fingerprint density at radius 1 is 0.906 bits per heavy atom. The maximum atomic E-state index is 13.8. The second kappa shape index (κ2) is 6.34. The van der Waals surface area contributed by atoms with Crippen LogP contribution in [0, 0.1) is 22.0 Å². The molecule has 3 aliphatic carbocycles. The second-order valence-corrected chi connectivity index (χ2v) is 8.57. The molecule has 3 aromatic rings. The Bertz CT molecular complexity index is 1290. The molecule has 7 rings (SSSR count). The molecule has 0 aromatic heterocycles. The normalized spacial score (nSPS) is 27.2. The average Bonchev–Trinajstić information content (AvgIpc) is 3.10. The number of aliphatic hydroxyl groups excluding tert-OH is 1. The summed E-state index contributed by atoms with van der Waals surface area (Å²) < 4.78 is 0. The molecule has 2 atom stereocenters. The first-order chi connectivity index (χ1) is 15.5. The lowest BCUT2D eigenvalue weighted by molar-refractivity contribution is -0.384. The van der Waals surface area contributed by atoms with E-state index in [1.54, 1.807) is 0 Å². The maximum absolute atomic E-state index is 13.8. The number of imide groups is 1. The maximum Gasteiger partial charge on any atom is 0.271 e. The molecular weight excluding hydrogens is 408 g/mol. The quantitative estimate of drug-likeness (QED) is 0.394. The van der Waals surface area contributed by atoms with E-state index in [0.29, 0.717) is 0 Å². The number of nitro benzene ring substituents is 1. The minimum absolute atomic E-state index is 0.184. The van der Waals surface area contributed by atoms with Crippen molar-refractivity contribution in [3.05, 3.63) is 105 Å². The summed E-state index contributed by atoms with van der Waals surface area (Å²) in [6, 6.07) is 20.9. The lowest BCUT2D eigenvalue weighted by Gasteiger charge is -2.53. The number of hydrogen-bond donors (Lipinski definition) is 1. The summed E-state index contributed by atoms with van der Waals surface area (Å²) in [7, 11) is 0. The Hall–Kier alpha value is -3.84. The summed E-state index contributed by atoms with van der Waals surface area (Å²) in [6.07, 6.45) is 0. The standard InChI is InChI=1S/C25H18N2O5/c28-13-25-18-10-3-1-8-16(18)20(17-9-2-4-11-19(17)25)21-22(25)24(30)26(23(21)29)14-6-5-7-15(12-14)27(31)32/h1-12,20-22,28H,13H2/t20?,21-,22+,25?/m1/s1. The van der Waals surface area contributed by atoms with E-state index in [9.17, 15) is 24.8 Å². The van der Waals surface area contributed by atoms with Crippen LogP contribution in [0.25, 0.3) is 0 Å². The van der Waals surface area contributed by atoms with Gasteiger partial charge in [0.05, 0.1) is 34.5 Å². The van der Waals surface area contributed by atoms with Gasteiger partial charge in [-0.25, -0.2) is 4.90 Å². The fourth-order valence-electron chi connectivity index (χ4n) is 6.20. The van der Waals surface area contributed by atoms with Gasteiger partial charge >= 0.3 is 0 Å². The van der Waals surface area contributed by atoms with Crippen LogP contribution in [0.15, 0.2) is 72.8 Å². The van der Waals surface area contributed by atoms with Crippen LogP contribution in [0.1, 0.15) is 28.2 Å². The molecule has 1 heterocycles. The molecule has 0 unspecified atom stereocenters. The number of rotatable bonds is 3. The number of carbonyl (C=O) groups is 2. The first-order valence-corrected chi connectivity index (χ1v) is 10.4. The van der Waals surface area contributed by atoms with Crippen molar-refractivity contribution in [1.82, 2.24) is 0 Å². The molecule has 3 aromatic carbocycles. The first-order valence-electron chi connectivity index (χ1n) is 10.4. The van der Waals surface area contributed by atoms with Gasteiger partial charge in [-0.2, -0.15) is 0 Å². The Balaban J connectivity index is 1.61. The monoisotopic (exact) mass is 426 g/mol. The van der Waals surface area contributed by atoms with Crippen molar-refractivity contribution in [2.24, 2.45) is 11.8 Å². The molecule has 0 saturated carbocycles. The van der Waals surface area contributed by atoms with Gasteiger partial charge in [0.25, 0.3) is 5.69 Å². The summed E-state index contributed by atoms with van der Waals surface area (Å²) >= 11 is 0. The zero-order valence-corrected chi connectivity index (χ0v) is 16.8. The second-order valence-electron chi connectivity index (χ2n) is 8.57. The topological polar surface area (TPSA) is 101 Å². The minimum Gasteiger partial charge on any atom is -0.395 e. The van der Waals surface area contributed by atoms with Crippen LogP contribution in [0.5, 0.6) is 0 Å². The van der Waals surface area contributed by atoms with Crippen molar-refractivity contribution in [3.8, 4) is 0 Å². The van der Waals surface area contributed by atoms with Gasteiger partial charge in [-0.3, -0.25) is 19.7 Å². The Morgan fingerprint density at radius 3 is 2.12 bits per heavy atom. The number of nitrogens with zero attached hydrogens (tertiary/aromatic N) is 2. The van der Waals surface area contributed by atoms with Gasteiger partial charge in [0.1, 0.15) is 0 Å². The smallest absolute Gasteiger partial charge is 0.271 e. The van der Waals surface area contributed by atoms with Crippen molar-refractivity contribution in [2.75, 3.05) is 11.5 Å². The molecule has 158 valence electrons. The predicted molar refractivity (Wildman–Crippen MR) is 115 cm³/mol. The summed E-state index contributed by atoms with van der Waals surface area (Å²) in [5.74, 6) is -2.59. The van der Waals surface area contributed by atoms with E-state index in [1.165, 1.54) is 24.3 Å². The van der Waals surface area contributed by atoms with Gasteiger partial charge in [0.2, 0.25) is 11.8 Å². The van der Waals surface area contributed by atoms with Crippen LogP contribution in [-0.4, -0.2) is 28.5 Å². The Kier molecular flexibility index (Phi) is 3.74. The number of hydrogen-bond acceptors (Lipinski definition) is 5. The number of benzene rings is 3. The minimum atomic E-state index is -1.05. The fourth-order valence-corrected chi connectivity index (χ4v) is 6.20. The van der Waals surface area contributed by atoms with E-state index in [-0.39, 0.29) is 29.8 Å². The van der Waals surface area contributed by atoms with Gasteiger partial charge in [-0.1, -0.05) is 54.6 Å². The Morgan fingerprint density at radius 2 is 1.53 bits per heavy atom.